The van der Waals surface area contributed by atoms with Crippen LogP contribution in [-0.4, -0.2) is 48.4 Å². The summed E-state index contributed by atoms with van der Waals surface area (Å²) >= 11 is 0. The molecule has 1 spiro atoms. The molecule has 1 unspecified atom stereocenters. The molecule has 3 aromatic carbocycles. The highest BCUT2D eigenvalue weighted by Crippen LogP contribution is 2.44. The van der Waals surface area contributed by atoms with E-state index in [0.29, 0.717) is 44.9 Å². The molecular weight excluding hydrogens is 443 g/mol. The van der Waals surface area contributed by atoms with Crippen molar-refractivity contribution in [1.29, 1.82) is 0 Å². The van der Waals surface area contributed by atoms with Crippen molar-refractivity contribution >= 4 is 23.0 Å². The largest absolute Gasteiger partial charge is 0.469 e. The second-order valence-electron chi connectivity index (χ2n) is 9.76. The van der Waals surface area contributed by atoms with Gasteiger partial charge in [0.1, 0.15) is 17.1 Å². The Morgan fingerprint density at radius 3 is 2.26 bits per heavy atom. The molecule has 7 heteroatoms. The summed E-state index contributed by atoms with van der Waals surface area (Å²) in [6.07, 6.45) is 1.38. The first-order chi connectivity index (χ1) is 17.0. The van der Waals surface area contributed by atoms with Gasteiger partial charge in [-0.25, -0.2) is 4.39 Å². The standard InChI is InChI=1S/C28H29FN4O2/c1-27(19-32(22-8-4-2-5-9-22)24-13-12-21(29)18-25(24)35-27)31-16-14-28(15-17-31)26(34)30-20-33(28)23-10-6-3-7-11-23/h2-13,18H,14-17,19-20H2,1H3,(H,30,34). The number of anilines is 3. The molecule has 0 aliphatic carbocycles. The monoisotopic (exact) mass is 472 g/mol. The fraction of sp³-hybridized carbons (Fsp3) is 0.321. The zero-order valence-electron chi connectivity index (χ0n) is 19.8. The van der Waals surface area contributed by atoms with E-state index in [1.807, 2.05) is 36.4 Å². The van der Waals surface area contributed by atoms with Crippen molar-refractivity contribution in [3.63, 3.8) is 0 Å². The summed E-state index contributed by atoms with van der Waals surface area (Å²) in [7, 11) is 0. The van der Waals surface area contributed by atoms with E-state index >= 15 is 0 Å². The van der Waals surface area contributed by atoms with E-state index in [1.165, 1.54) is 12.1 Å². The fourth-order valence-corrected chi connectivity index (χ4v) is 5.83. The van der Waals surface area contributed by atoms with E-state index in [1.54, 1.807) is 6.07 Å². The topological polar surface area (TPSA) is 48.1 Å². The van der Waals surface area contributed by atoms with Gasteiger partial charge in [0.25, 0.3) is 0 Å². The number of carbonyl (C=O) groups excluding carboxylic acids is 1. The average Bonchev–Trinajstić information content (AvgIpc) is 3.19. The van der Waals surface area contributed by atoms with Gasteiger partial charge < -0.3 is 19.9 Å². The molecule has 0 bridgehead atoms. The Bertz CT molecular complexity index is 1230. The van der Waals surface area contributed by atoms with Crippen LogP contribution in [0, 0.1) is 5.82 Å². The van der Waals surface area contributed by atoms with Crippen LogP contribution < -0.4 is 19.9 Å². The number of ether oxygens (including phenoxy) is 1. The number of fused-ring (bicyclic) bond motifs is 1. The van der Waals surface area contributed by atoms with Gasteiger partial charge in [-0.1, -0.05) is 36.4 Å². The minimum absolute atomic E-state index is 0.0917. The van der Waals surface area contributed by atoms with E-state index in [2.05, 4.69) is 51.2 Å². The number of carbonyl (C=O) groups is 1. The van der Waals surface area contributed by atoms with Gasteiger partial charge in [0, 0.05) is 30.5 Å². The number of amides is 1. The highest BCUT2D eigenvalue weighted by atomic mass is 19.1. The normalized spacial score (nSPS) is 23.7. The van der Waals surface area contributed by atoms with Gasteiger partial charge in [0.2, 0.25) is 5.91 Å². The summed E-state index contributed by atoms with van der Waals surface area (Å²) < 4.78 is 20.7. The molecule has 0 saturated carbocycles. The number of nitrogens with one attached hydrogen (secondary N) is 1. The quantitative estimate of drug-likeness (QED) is 0.608. The van der Waals surface area contributed by atoms with Crippen LogP contribution in [0.15, 0.2) is 78.9 Å². The number of likely N-dealkylation sites (tertiary alicyclic amines) is 1. The zero-order valence-corrected chi connectivity index (χ0v) is 19.8. The molecule has 1 atom stereocenters. The average molecular weight is 473 g/mol. The lowest BCUT2D eigenvalue weighted by Crippen LogP contribution is -2.65. The minimum Gasteiger partial charge on any atom is -0.469 e. The molecule has 1 N–H and O–H groups in total. The first-order valence-electron chi connectivity index (χ1n) is 12.2. The van der Waals surface area contributed by atoms with E-state index in [4.69, 9.17) is 4.74 Å². The third-order valence-electron chi connectivity index (χ3n) is 7.73. The number of para-hydroxylation sites is 2. The molecule has 0 radical (unpaired) electrons. The lowest BCUT2D eigenvalue weighted by atomic mass is 9.84. The van der Waals surface area contributed by atoms with Crippen molar-refractivity contribution in [2.45, 2.75) is 31.0 Å². The molecule has 1 amide bonds. The summed E-state index contributed by atoms with van der Waals surface area (Å²) in [4.78, 5) is 19.8. The number of piperidine rings is 1. The highest BCUT2D eigenvalue weighted by Gasteiger charge is 2.53. The van der Waals surface area contributed by atoms with Gasteiger partial charge in [0.05, 0.1) is 18.9 Å². The molecule has 6 rings (SSSR count). The van der Waals surface area contributed by atoms with Crippen molar-refractivity contribution < 1.29 is 13.9 Å². The molecule has 2 fully saturated rings. The van der Waals surface area contributed by atoms with Crippen LogP contribution in [0.4, 0.5) is 21.5 Å². The molecule has 2 saturated heterocycles. The number of rotatable bonds is 3. The van der Waals surface area contributed by atoms with Gasteiger partial charge in [-0.2, -0.15) is 0 Å². The predicted octanol–water partition coefficient (Wildman–Crippen LogP) is 4.50. The molecule has 3 aliphatic rings. The lowest BCUT2D eigenvalue weighted by Gasteiger charge is -2.52. The summed E-state index contributed by atoms with van der Waals surface area (Å²) in [6.45, 7) is 4.57. The number of nitrogens with zero attached hydrogens (tertiary/aromatic N) is 3. The smallest absolute Gasteiger partial charge is 0.247 e. The molecule has 35 heavy (non-hydrogen) atoms. The lowest BCUT2D eigenvalue weighted by molar-refractivity contribution is -0.129. The zero-order chi connectivity index (χ0) is 24.0. The second kappa shape index (κ2) is 8.27. The van der Waals surface area contributed by atoms with Crippen molar-refractivity contribution in [3.05, 3.63) is 84.7 Å². The van der Waals surface area contributed by atoms with E-state index in [-0.39, 0.29) is 11.7 Å². The SMILES string of the molecule is CC1(N2CCC3(CC2)C(=O)NCN3c2ccccc2)CN(c2ccccc2)c2ccc(F)cc2O1. The predicted molar refractivity (Wildman–Crippen MR) is 134 cm³/mol. The molecular formula is C28H29FN4O2. The second-order valence-corrected chi connectivity index (χ2v) is 9.76. The van der Waals surface area contributed by atoms with Crippen molar-refractivity contribution in [1.82, 2.24) is 10.2 Å². The van der Waals surface area contributed by atoms with Gasteiger partial charge in [0.15, 0.2) is 5.72 Å². The summed E-state index contributed by atoms with van der Waals surface area (Å²) in [5.74, 6) is 0.307. The Labute approximate surface area is 204 Å². The fourth-order valence-electron chi connectivity index (χ4n) is 5.83. The molecule has 6 nitrogen and oxygen atoms in total. The van der Waals surface area contributed by atoms with Crippen molar-refractivity contribution in [3.8, 4) is 5.75 Å². The summed E-state index contributed by atoms with van der Waals surface area (Å²) in [6, 6.07) is 25.0. The molecule has 0 aromatic heterocycles. The first-order valence-corrected chi connectivity index (χ1v) is 12.2. The molecule has 3 heterocycles. The van der Waals surface area contributed by atoms with Crippen molar-refractivity contribution in [2.75, 3.05) is 36.1 Å². The van der Waals surface area contributed by atoms with Crippen LogP contribution >= 0.6 is 0 Å². The third-order valence-corrected chi connectivity index (χ3v) is 7.73. The number of hydrogen-bond donors (Lipinski definition) is 1. The van der Waals surface area contributed by atoms with E-state index in [0.717, 1.165) is 17.1 Å². The first kappa shape index (κ1) is 21.9. The van der Waals surface area contributed by atoms with Crippen LogP contribution in [0.5, 0.6) is 5.75 Å². The third kappa shape index (κ3) is 3.62. The Hall–Kier alpha value is -3.58. The Morgan fingerprint density at radius 2 is 1.57 bits per heavy atom. The van der Waals surface area contributed by atoms with Crippen LogP contribution in [0.1, 0.15) is 19.8 Å². The van der Waals surface area contributed by atoms with E-state index in [9.17, 15) is 9.18 Å². The Morgan fingerprint density at radius 1 is 0.914 bits per heavy atom. The highest BCUT2D eigenvalue weighted by molar-refractivity contribution is 5.93. The maximum atomic E-state index is 14.2. The van der Waals surface area contributed by atoms with Gasteiger partial charge in [-0.3, -0.25) is 9.69 Å². The van der Waals surface area contributed by atoms with E-state index < -0.39 is 11.3 Å². The molecule has 180 valence electrons. The number of hydrogen-bond acceptors (Lipinski definition) is 5. The minimum atomic E-state index is -0.676. The molecule has 3 aliphatic heterocycles. The maximum absolute atomic E-state index is 14.2. The van der Waals surface area contributed by atoms with Gasteiger partial charge in [-0.15, -0.1) is 0 Å². The van der Waals surface area contributed by atoms with Crippen LogP contribution in [0.2, 0.25) is 0 Å². The van der Waals surface area contributed by atoms with Crippen molar-refractivity contribution in [2.24, 2.45) is 0 Å². The van der Waals surface area contributed by atoms with Crippen LogP contribution in [0.3, 0.4) is 0 Å². The number of halogens is 1. The Kier molecular flexibility index (Phi) is 5.18. The number of benzene rings is 3. The van der Waals surface area contributed by atoms with Gasteiger partial charge in [-0.05, 0) is 56.2 Å². The van der Waals surface area contributed by atoms with Gasteiger partial charge >= 0.3 is 0 Å². The Balaban J connectivity index is 1.29. The summed E-state index contributed by atoms with van der Waals surface area (Å²) in [5, 5.41) is 3.07. The van der Waals surface area contributed by atoms with Crippen LogP contribution in [0.25, 0.3) is 0 Å². The summed E-state index contributed by atoms with van der Waals surface area (Å²) in [5.41, 5.74) is 1.71. The molecule has 3 aromatic rings. The van der Waals surface area contributed by atoms with Crippen LogP contribution in [-0.2, 0) is 4.79 Å². The maximum Gasteiger partial charge on any atom is 0.247 e.